The molecule has 2 N–H and O–H groups in total. The van der Waals surface area contributed by atoms with Crippen molar-refractivity contribution in [2.75, 3.05) is 0 Å². The number of para-hydroxylation sites is 1. The lowest BCUT2D eigenvalue weighted by atomic mass is 10.1. The molecule has 0 bridgehead atoms. The lowest BCUT2D eigenvalue weighted by Gasteiger charge is -2.11. The quantitative estimate of drug-likeness (QED) is 0.877. The molecule has 0 saturated carbocycles. The molecule has 1 aliphatic heterocycles. The third kappa shape index (κ3) is 2.47. The molecule has 1 aromatic carbocycles. The molecule has 1 aromatic heterocycles. The molecule has 102 valence electrons. The van der Waals surface area contributed by atoms with Crippen LogP contribution in [0.1, 0.15) is 18.4 Å². The standard InChI is InChI=1S/C15H15N3O2/c19-13-7-6-12(18-13)15(20)17-9-11-4-1-3-10-5-2-8-16-14(10)11/h1-5,8,12H,6-7,9H2,(H,17,20)(H,18,19)/t12-/m1/s1. The van der Waals surface area contributed by atoms with Crippen LogP contribution in [0.2, 0.25) is 0 Å². The van der Waals surface area contributed by atoms with E-state index >= 15 is 0 Å². The highest BCUT2D eigenvalue weighted by atomic mass is 16.2. The number of hydrogen-bond acceptors (Lipinski definition) is 3. The highest BCUT2D eigenvalue weighted by molar-refractivity contribution is 5.91. The Morgan fingerprint density at radius 1 is 1.35 bits per heavy atom. The summed E-state index contributed by atoms with van der Waals surface area (Å²) in [5.74, 6) is -0.194. The van der Waals surface area contributed by atoms with E-state index in [0.717, 1.165) is 16.5 Å². The average molecular weight is 269 g/mol. The van der Waals surface area contributed by atoms with E-state index in [1.807, 2.05) is 30.3 Å². The Bertz CT molecular complexity index is 664. The van der Waals surface area contributed by atoms with Gasteiger partial charge in [0, 0.05) is 24.5 Å². The van der Waals surface area contributed by atoms with Crippen molar-refractivity contribution in [1.82, 2.24) is 15.6 Å². The predicted octanol–water partition coefficient (Wildman–Crippen LogP) is 1.13. The number of nitrogens with one attached hydrogen (secondary N) is 2. The molecule has 1 fully saturated rings. The number of hydrogen-bond donors (Lipinski definition) is 2. The lowest BCUT2D eigenvalue weighted by Crippen LogP contribution is -2.41. The van der Waals surface area contributed by atoms with Gasteiger partial charge in [0.2, 0.25) is 11.8 Å². The molecule has 2 heterocycles. The van der Waals surface area contributed by atoms with Crippen molar-refractivity contribution in [1.29, 1.82) is 0 Å². The van der Waals surface area contributed by atoms with Gasteiger partial charge in [-0.1, -0.05) is 24.3 Å². The second-order valence-electron chi connectivity index (χ2n) is 4.87. The smallest absolute Gasteiger partial charge is 0.242 e. The molecule has 0 radical (unpaired) electrons. The number of nitrogens with zero attached hydrogens (tertiary/aromatic N) is 1. The largest absolute Gasteiger partial charge is 0.350 e. The number of fused-ring (bicyclic) bond motifs is 1. The summed E-state index contributed by atoms with van der Waals surface area (Å²) >= 11 is 0. The molecule has 1 saturated heterocycles. The van der Waals surface area contributed by atoms with Gasteiger partial charge < -0.3 is 10.6 Å². The van der Waals surface area contributed by atoms with Gasteiger partial charge in [-0.15, -0.1) is 0 Å². The van der Waals surface area contributed by atoms with E-state index in [2.05, 4.69) is 15.6 Å². The third-order valence-corrected chi connectivity index (χ3v) is 3.48. The third-order valence-electron chi connectivity index (χ3n) is 3.48. The zero-order valence-electron chi connectivity index (χ0n) is 10.9. The molecule has 1 aliphatic rings. The van der Waals surface area contributed by atoms with Crippen LogP contribution in [0.3, 0.4) is 0 Å². The van der Waals surface area contributed by atoms with Crippen LogP contribution in [0.4, 0.5) is 0 Å². The maximum Gasteiger partial charge on any atom is 0.242 e. The van der Waals surface area contributed by atoms with E-state index in [1.165, 1.54) is 0 Å². The molecule has 2 aromatic rings. The summed E-state index contributed by atoms with van der Waals surface area (Å²) in [5, 5.41) is 6.57. The van der Waals surface area contributed by atoms with Gasteiger partial charge in [0.15, 0.2) is 0 Å². The van der Waals surface area contributed by atoms with E-state index in [0.29, 0.717) is 19.4 Å². The second-order valence-corrected chi connectivity index (χ2v) is 4.87. The zero-order chi connectivity index (χ0) is 13.9. The second kappa shape index (κ2) is 5.28. The van der Waals surface area contributed by atoms with Crippen molar-refractivity contribution >= 4 is 22.7 Å². The molecular weight excluding hydrogens is 254 g/mol. The van der Waals surface area contributed by atoms with Crippen molar-refractivity contribution in [3.63, 3.8) is 0 Å². The average Bonchev–Trinajstić information content (AvgIpc) is 2.91. The summed E-state index contributed by atoms with van der Waals surface area (Å²) in [5.41, 5.74) is 1.87. The summed E-state index contributed by atoms with van der Waals surface area (Å²) in [4.78, 5) is 27.4. The maximum atomic E-state index is 12.0. The summed E-state index contributed by atoms with van der Waals surface area (Å²) in [6, 6.07) is 9.37. The Morgan fingerprint density at radius 3 is 3.00 bits per heavy atom. The van der Waals surface area contributed by atoms with Gasteiger partial charge in [0.1, 0.15) is 6.04 Å². The first-order chi connectivity index (χ1) is 9.74. The molecule has 2 amide bonds. The van der Waals surface area contributed by atoms with Gasteiger partial charge in [-0.05, 0) is 18.1 Å². The number of aromatic nitrogens is 1. The van der Waals surface area contributed by atoms with Crippen molar-refractivity contribution in [3.8, 4) is 0 Å². The van der Waals surface area contributed by atoms with Gasteiger partial charge in [-0.25, -0.2) is 0 Å². The highest BCUT2D eigenvalue weighted by Crippen LogP contribution is 2.15. The Morgan fingerprint density at radius 2 is 2.20 bits per heavy atom. The monoisotopic (exact) mass is 269 g/mol. The summed E-state index contributed by atoms with van der Waals surface area (Å²) < 4.78 is 0. The molecule has 0 spiro atoms. The van der Waals surface area contributed by atoms with E-state index in [9.17, 15) is 9.59 Å². The molecule has 0 aliphatic carbocycles. The van der Waals surface area contributed by atoms with Crippen LogP contribution in [0, 0.1) is 0 Å². The van der Waals surface area contributed by atoms with Crippen LogP contribution >= 0.6 is 0 Å². The van der Waals surface area contributed by atoms with Gasteiger partial charge in [-0.2, -0.15) is 0 Å². The molecule has 3 rings (SSSR count). The fourth-order valence-corrected chi connectivity index (χ4v) is 2.43. The number of rotatable bonds is 3. The van der Waals surface area contributed by atoms with Crippen LogP contribution in [0.15, 0.2) is 36.5 Å². The number of carbonyl (C=O) groups is 2. The lowest BCUT2D eigenvalue weighted by molar-refractivity contribution is -0.125. The SMILES string of the molecule is O=C1CC[C@H](C(=O)NCc2cccc3cccnc23)N1. The summed E-state index contributed by atoms with van der Waals surface area (Å²) in [6.07, 6.45) is 2.73. The maximum absolute atomic E-state index is 12.0. The normalized spacial score (nSPS) is 18.0. The first-order valence-corrected chi connectivity index (χ1v) is 6.64. The fourth-order valence-electron chi connectivity index (χ4n) is 2.43. The van der Waals surface area contributed by atoms with E-state index in [-0.39, 0.29) is 11.8 Å². The van der Waals surface area contributed by atoms with Crippen LogP contribution < -0.4 is 10.6 Å². The molecule has 0 unspecified atom stereocenters. The Balaban J connectivity index is 1.71. The number of carbonyl (C=O) groups excluding carboxylic acids is 2. The van der Waals surface area contributed by atoms with E-state index in [4.69, 9.17) is 0 Å². The van der Waals surface area contributed by atoms with Crippen molar-refractivity contribution < 1.29 is 9.59 Å². The van der Waals surface area contributed by atoms with Crippen molar-refractivity contribution in [2.24, 2.45) is 0 Å². The minimum Gasteiger partial charge on any atom is -0.350 e. The van der Waals surface area contributed by atoms with Crippen molar-refractivity contribution in [3.05, 3.63) is 42.1 Å². The summed E-state index contributed by atoms with van der Waals surface area (Å²) in [7, 11) is 0. The van der Waals surface area contributed by atoms with Gasteiger partial charge in [0.25, 0.3) is 0 Å². The fraction of sp³-hybridized carbons (Fsp3) is 0.267. The molecule has 5 heteroatoms. The van der Waals surface area contributed by atoms with E-state index in [1.54, 1.807) is 6.20 Å². The molecule has 5 nitrogen and oxygen atoms in total. The van der Waals surface area contributed by atoms with Crippen LogP contribution in [0.5, 0.6) is 0 Å². The number of pyridine rings is 1. The Hall–Kier alpha value is -2.43. The highest BCUT2D eigenvalue weighted by Gasteiger charge is 2.26. The zero-order valence-corrected chi connectivity index (χ0v) is 10.9. The first kappa shape index (κ1) is 12.6. The minimum atomic E-state index is -0.398. The molecule has 20 heavy (non-hydrogen) atoms. The van der Waals surface area contributed by atoms with Crippen LogP contribution in [-0.4, -0.2) is 22.8 Å². The Labute approximate surface area is 116 Å². The number of amides is 2. The Kier molecular flexibility index (Phi) is 3.33. The van der Waals surface area contributed by atoms with Crippen LogP contribution in [-0.2, 0) is 16.1 Å². The number of benzene rings is 1. The van der Waals surface area contributed by atoms with Gasteiger partial charge in [-0.3, -0.25) is 14.6 Å². The first-order valence-electron chi connectivity index (χ1n) is 6.64. The van der Waals surface area contributed by atoms with Gasteiger partial charge in [0.05, 0.1) is 5.52 Å². The topological polar surface area (TPSA) is 71.1 Å². The van der Waals surface area contributed by atoms with Crippen LogP contribution in [0.25, 0.3) is 10.9 Å². The molecular formula is C15H15N3O2. The van der Waals surface area contributed by atoms with Gasteiger partial charge >= 0.3 is 0 Å². The minimum absolute atomic E-state index is 0.0584. The summed E-state index contributed by atoms with van der Waals surface area (Å²) in [6.45, 7) is 0.416. The van der Waals surface area contributed by atoms with E-state index < -0.39 is 6.04 Å². The molecule has 1 atom stereocenters. The predicted molar refractivity (Wildman–Crippen MR) is 74.8 cm³/mol. The van der Waals surface area contributed by atoms with Crippen molar-refractivity contribution in [2.45, 2.75) is 25.4 Å².